The van der Waals surface area contributed by atoms with Gasteiger partial charge in [-0.1, -0.05) is 24.3 Å². The van der Waals surface area contributed by atoms with Gasteiger partial charge in [-0.15, -0.1) is 0 Å². The minimum Gasteiger partial charge on any atom is -0.339 e. The number of anilines is 1. The zero-order chi connectivity index (χ0) is 16.3. The summed E-state index contributed by atoms with van der Waals surface area (Å²) in [4.78, 5) is 25.8. The van der Waals surface area contributed by atoms with Gasteiger partial charge in [0.15, 0.2) is 0 Å². The van der Waals surface area contributed by atoms with Crippen LogP contribution < -0.4 is 5.32 Å². The molecule has 2 rings (SSSR count). The molecule has 0 radical (unpaired) electrons. The Hall–Kier alpha value is -2.10. The van der Waals surface area contributed by atoms with E-state index < -0.39 is 0 Å². The highest BCUT2D eigenvalue weighted by Crippen LogP contribution is 2.25. The van der Waals surface area contributed by atoms with E-state index in [1.807, 2.05) is 13.8 Å². The summed E-state index contributed by atoms with van der Waals surface area (Å²) in [6.07, 6.45) is 2.74. The Kier molecular flexibility index (Phi) is 5.01. The first-order chi connectivity index (χ1) is 10.4. The Labute approximate surface area is 132 Å². The number of nitrogens with zero attached hydrogens (tertiary/aromatic N) is 1. The zero-order valence-electron chi connectivity index (χ0n) is 13.6. The number of amides is 2. The molecule has 4 nitrogen and oxygen atoms in total. The van der Waals surface area contributed by atoms with Crippen LogP contribution in [0.5, 0.6) is 0 Å². The molecule has 0 aliphatic carbocycles. The summed E-state index contributed by atoms with van der Waals surface area (Å²) in [5, 5.41) is 3.07. The van der Waals surface area contributed by atoms with Gasteiger partial charge < -0.3 is 10.2 Å². The maximum Gasteiger partial charge on any atom is 0.245 e. The highest BCUT2D eigenvalue weighted by Gasteiger charge is 2.26. The quantitative estimate of drug-likeness (QED) is 0.872. The molecule has 0 bridgehead atoms. The van der Waals surface area contributed by atoms with Crippen LogP contribution in [0.15, 0.2) is 24.8 Å². The van der Waals surface area contributed by atoms with Crippen molar-refractivity contribution in [3.63, 3.8) is 0 Å². The molecule has 2 amide bonds. The second-order valence-corrected chi connectivity index (χ2v) is 6.07. The molecule has 4 heteroatoms. The summed E-state index contributed by atoms with van der Waals surface area (Å²) in [6.45, 7) is 10.8. The molecule has 0 unspecified atom stereocenters. The summed E-state index contributed by atoms with van der Waals surface area (Å²) in [5.41, 5.74) is 4.29. The van der Waals surface area contributed by atoms with Crippen molar-refractivity contribution in [3.05, 3.63) is 41.5 Å². The Bertz CT molecular complexity index is 576. The minimum atomic E-state index is -0.0518. The molecule has 1 aromatic carbocycles. The number of hydrogen-bond acceptors (Lipinski definition) is 2. The average Bonchev–Trinajstić information content (AvgIpc) is 2.50. The van der Waals surface area contributed by atoms with Gasteiger partial charge in [0.25, 0.3) is 0 Å². The van der Waals surface area contributed by atoms with Crippen molar-refractivity contribution < 1.29 is 9.59 Å². The normalized spacial score (nSPS) is 15.5. The number of carbonyl (C=O) groups is 2. The molecule has 1 aromatic rings. The molecule has 1 aliphatic rings. The lowest BCUT2D eigenvalue weighted by molar-refractivity contribution is -0.130. The molecular weight excluding hydrogens is 276 g/mol. The maximum absolute atomic E-state index is 12.5. The first-order valence-corrected chi connectivity index (χ1v) is 7.72. The van der Waals surface area contributed by atoms with Crippen molar-refractivity contribution in [1.82, 2.24) is 4.90 Å². The van der Waals surface area contributed by atoms with Gasteiger partial charge in [0.05, 0.1) is 0 Å². The third kappa shape index (κ3) is 3.56. The van der Waals surface area contributed by atoms with Crippen molar-refractivity contribution in [1.29, 1.82) is 0 Å². The van der Waals surface area contributed by atoms with E-state index in [2.05, 4.69) is 31.0 Å². The number of benzene rings is 1. The largest absolute Gasteiger partial charge is 0.339 e. The van der Waals surface area contributed by atoms with Crippen LogP contribution in [0.4, 0.5) is 5.69 Å². The Morgan fingerprint density at radius 2 is 1.73 bits per heavy atom. The zero-order valence-corrected chi connectivity index (χ0v) is 13.6. The van der Waals surface area contributed by atoms with Crippen LogP contribution in [0, 0.1) is 26.7 Å². The molecule has 22 heavy (non-hydrogen) atoms. The third-order valence-electron chi connectivity index (χ3n) is 4.28. The number of aryl methyl sites for hydroxylation is 3. The summed E-state index contributed by atoms with van der Waals surface area (Å²) in [7, 11) is 0. The third-order valence-corrected chi connectivity index (χ3v) is 4.28. The van der Waals surface area contributed by atoms with Gasteiger partial charge in [-0.05, 0) is 50.8 Å². The lowest BCUT2D eigenvalue weighted by Gasteiger charge is -2.30. The van der Waals surface area contributed by atoms with E-state index in [4.69, 9.17) is 0 Å². The Balaban J connectivity index is 2.00. The fraction of sp³-hybridized carbons (Fsp3) is 0.444. The minimum absolute atomic E-state index is 0.0334. The lowest BCUT2D eigenvalue weighted by Crippen LogP contribution is -2.40. The highest BCUT2D eigenvalue weighted by atomic mass is 16.2. The molecule has 118 valence electrons. The molecule has 0 aromatic heterocycles. The molecule has 0 atom stereocenters. The van der Waals surface area contributed by atoms with Gasteiger partial charge in [-0.2, -0.15) is 0 Å². The molecule has 0 saturated carbocycles. The number of likely N-dealkylation sites (tertiary alicyclic amines) is 1. The molecule has 1 N–H and O–H groups in total. The van der Waals surface area contributed by atoms with E-state index in [9.17, 15) is 9.59 Å². The molecule has 1 fully saturated rings. The smallest absolute Gasteiger partial charge is 0.245 e. The summed E-state index contributed by atoms with van der Waals surface area (Å²) in [5.74, 6) is -0.0289. The Morgan fingerprint density at radius 1 is 1.18 bits per heavy atom. The van der Waals surface area contributed by atoms with Crippen molar-refractivity contribution >= 4 is 17.5 Å². The van der Waals surface area contributed by atoms with Gasteiger partial charge in [0.2, 0.25) is 11.8 Å². The second-order valence-electron chi connectivity index (χ2n) is 6.07. The van der Waals surface area contributed by atoms with Crippen LogP contribution in [0.25, 0.3) is 0 Å². The number of rotatable bonds is 3. The Morgan fingerprint density at radius 3 is 2.23 bits per heavy atom. The first kappa shape index (κ1) is 16.3. The van der Waals surface area contributed by atoms with Gasteiger partial charge in [0, 0.05) is 24.7 Å². The number of piperidine rings is 1. The maximum atomic E-state index is 12.5. The van der Waals surface area contributed by atoms with Crippen molar-refractivity contribution in [2.24, 2.45) is 5.92 Å². The number of nitrogens with one attached hydrogen (secondary N) is 1. The lowest BCUT2D eigenvalue weighted by atomic mass is 9.95. The number of carbonyl (C=O) groups excluding carboxylic acids is 2. The molecule has 1 saturated heterocycles. The van der Waals surface area contributed by atoms with Gasteiger partial charge >= 0.3 is 0 Å². The van der Waals surface area contributed by atoms with Crippen LogP contribution in [0.1, 0.15) is 29.5 Å². The van der Waals surface area contributed by atoms with Crippen LogP contribution in [0.2, 0.25) is 0 Å². The standard InChI is InChI=1S/C18H24N2O2/c1-5-16(21)20-8-6-15(7-9-20)18(22)19-17-13(3)10-12(2)11-14(17)4/h5,10-11,15H,1,6-9H2,2-4H3,(H,19,22). The number of hydrogen-bond donors (Lipinski definition) is 1. The van der Waals surface area contributed by atoms with E-state index >= 15 is 0 Å². The molecule has 0 spiro atoms. The second kappa shape index (κ2) is 6.77. The van der Waals surface area contributed by atoms with Crippen LogP contribution >= 0.6 is 0 Å². The van der Waals surface area contributed by atoms with Crippen molar-refractivity contribution in [2.75, 3.05) is 18.4 Å². The predicted octanol–water partition coefficient (Wildman–Crippen LogP) is 2.97. The van der Waals surface area contributed by atoms with Crippen molar-refractivity contribution in [3.8, 4) is 0 Å². The molecular formula is C18H24N2O2. The highest BCUT2D eigenvalue weighted by molar-refractivity contribution is 5.94. The van der Waals surface area contributed by atoms with E-state index in [1.54, 1.807) is 4.90 Å². The topological polar surface area (TPSA) is 49.4 Å². The van der Waals surface area contributed by atoms with E-state index in [-0.39, 0.29) is 17.7 Å². The van der Waals surface area contributed by atoms with Gasteiger partial charge in [-0.25, -0.2) is 0 Å². The fourth-order valence-electron chi connectivity index (χ4n) is 3.09. The summed E-state index contributed by atoms with van der Waals surface area (Å²) in [6, 6.07) is 4.15. The first-order valence-electron chi connectivity index (χ1n) is 7.72. The summed E-state index contributed by atoms with van der Waals surface area (Å²) < 4.78 is 0. The predicted molar refractivity (Wildman–Crippen MR) is 88.8 cm³/mol. The molecule has 1 heterocycles. The van der Waals surface area contributed by atoms with E-state index in [0.29, 0.717) is 25.9 Å². The molecule has 1 aliphatic heterocycles. The van der Waals surface area contributed by atoms with E-state index in [0.717, 1.165) is 16.8 Å². The van der Waals surface area contributed by atoms with Crippen LogP contribution in [0.3, 0.4) is 0 Å². The summed E-state index contributed by atoms with van der Waals surface area (Å²) >= 11 is 0. The fourth-order valence-corrected chi connectivity index (χ4v) is 3.09. The SMILES string of the molecule is C=CC(=O)N1CCC(C(=O)Nc2c(C)cc(C)cc2C)CC1. The van der Waals surface area contributed by atoms with Crippen LogP contribution in [-0.2, 0) is 9.59 Å². The monoisotopic (exact) mass is 300 g/mol. The van der Waals surface area contributed by atoms with E-state index in [1.165, 1.54) is 11.6 Å². The van der Waals surface area contributed by atoms with Gasteiger partial charge in [-0.3, -0.25) is 9.59 Å². The average molecular weight is 300 g/mol. The van der Waals surface area contributed by atoms with Gasteiger partial charge in [0.1, 0.15) is 0 Å². The van der Waals surface area contributed by atoms with Crippen molar-refractivity contribution in [2.45, 2.75) is 33.6 Å². The van der Waals surface area contributed by atoms with Crippen LogP contribution in [-0.4, -0.2) is 29.8 Å².